The summed E-state index contributed by atoms with van der Waals surface area (Å²) in [7, 11) is 4.79. The Bertz CT molecular complexity index is 202. The van der Waals surface area contributed by atoms with Crippen molar-refractivity contribution in [3.8, 4) is 0 Å². The molecule has 0 bridgehead atoms. The first-order chi connectivity index (χ1) is 5.79. The number of methoxy groups -OCH3 is 3. The van der Waals surface area contributed by atoms with Crippen LogP contribution in [0, 0.1) is 0 Å². The standard InChI is InChI=1S/C9H14O3/c1-10-8-6-4-5-7-9(8,11-2)12-3/h5-7H,4H2,1-3H3. The van der Waals surface area contributed by atoms with Crippen molar-refractivity contribution < 1.29 is 14.2 Å². The van der Waals surface area contributed by atoms with E-state index in [1.165, 1.54) is 0 Å². The first kappa shape index (κ1) is 9.29. The van der Waals surface area contributed by atoms with Gasteiger partial charge >= 0.3 is 0 Å². The molecule has 0 amide bonds. The van der Waals surface area contributed by atoms with Crippen LogP contribution in [0.25, 0.3) is 0 Å². The molecule has 0 spiro atoms. The molecule has 0 atom stereocenters. The second kappa shape index (κ2) is 3.74. The smallest absolute Gasteiger partial charge is 0.247 e. The fourth-order valence-electron chi connectivity index (χ4n) is 1.27. The van der Waals surface area contributed by atoms with Crippen LogP contribution in [0.4, 0.5) is 0 Å². The zero-order chi connectivity index (χ0) is 9.03. The molecule has 1 aliphatic carbocycles. The van der Waals surface area contributed by atoms with Gasteiger partial charge in [-0.15, -0.1) is 0 Å². The third-order valence-electron chi connectivity index (χ3n) is 1.95. The fourth-order valence-corrected chi connectivity index (χ4v) is 1.27. The van der Waals surface area contributed by atoms with Gasteiger partial charge in [0.25, 0.3) is 0 Å². The molecule has 3 heteroatoms. The van der Waals surface area contributed by atoms with E-state index >= 15 is 0 Å². The second-order valence-corrected chi connectivity index (χ2v) is 2.49. The molecule has 1 rings (SSSR count). The summed E-state index contributed by atoms with van der Waals surface area (Å²) >= 11 is 0. The van der Waals surface area contributed by atoms with Crippen LogP contribution >= 0.6 is 0 Å². The van der Waals surface area contributed by atoms with Crippen LogP contribution in [0.15, 0.2) is 24.0 Å². The first-order valence-electron chi connectivity index (χ1n) is 3.81. The van der Waals surface area contributed by atoms with Crippen LogP contribution in [0.1, 0.15) is 6.42 Å². The lowest BCUT2D eigenvalue weighted by molar-refractivity contribution is -0.166. The van der Waals surface area contributed by atoms with E-state index in [2.05, 4.69) is 0 Å². The maximum atomic E-state index is 5.23. The van der Waals surface area contributed by atoms with Gasteiger partial charge in [-0.3, -0.25) is 0 Å². The molecule has 0 aromatic rings. The summed E-state index contributed by atoms with van der Waals surface area (Å²) < 4.78 is 15.6. The molecule has 0 unspecified atom stereocenters. The monoisotopic (exact) mass is 170 g/mol. The lowest BCUT2D eigenvalue weighted by Crippen LogP contribution is -2.35. The van der Waals surface area contributed by atoms with Crippen molar-refractivity contribution in [2.75, 3.05) is 21.3 Å². The Morgan fingerprint density at radius 1 is 1.25 bits per heavy atom. The van der Waals surface area contributed by atoms with Gasteiger partial charge in [-0.05, 0) is 18.6 Å². The van der Waals surface area contributed by atoms with E-state index < -0.39 is 5.79 Å². The number of ether oxygens (including phenoxy) is 3. The minimum Gasteiger partial charge on any atom is -0.495 e. The van der Waals surface area contributed by atoms with Crippen molar-refractivity contribution in [1.82, 2.24) is 0 Å². The highest BCUT2D eigenvalue weighted by Gasteiger charge is 2.34. The summed E-state index contributed by atoms with van der Waals surface area (Å²) in [6.45, 7) is 0. The minimum atomic E-state index is -0.812. The van der Waals surface area contributed by atoms with Crippen LogP contribution in [0.3, 0.4) is 0 Å². The molecule has 0 aliphatic heterocycles. The largest absolute Gasteiger partial charge is 0.495 e. The van der Waals surface area contributed by atoms with Crippen molar-refractivity contribution in [2.45, 2.75) is 12.2 Å². The van der Waals surface area contributed by atoms with Crippen LogP contribution in [-0.4, -0.2) is 27.1 Å². The third-order valence-corrected chi connectivity index (χ3v) is 1.95. The van der Waals surface area contributed by atoms with Crippen molar-refractivity contribution in [1.29, 1.82) is 0 Å². The Morgan fingerprint density at radius 2 is 1.92 bits per heavy atom. The zero-order valence-corrected chi connectivity index (χ0v) is 7.66. The Balaban J connectivity index is 2.89. The quantitative estimate of drug-likeness (QED) is 0.474. The highest BCUT2D eigenvalue weighted by molar-refractivity contribution is 5.22. The SMILES string of the molecule is COC1=CCC=CC1(OC)OC. The van der Waals surface area contributed by atoms with Gasteiger partial charge in [-0.1, -0.05) is 6.08 Å². The molecule has 68 valence electrons. The van der Waals surface area contributed by atoms with Crippen molar-refractivity contribution >= 4 is 0 Å². The fraction of sp³-hybridized carbons (Fsp3) is 0.556. The van der Waals surface area contributed by atoms with Gasteiger partial charge in [0, 0.05) is 14.2 Å². The molecule has 0 saturated carbocycles. The number of hydrogen-bond acceptors (Lipinski definition) is 3. The molecule has 1 aliphatic rings. The van der Waals surface area contributed by atoms with E-state index in [4.69, 9.17) is 14.2 Å². The minimum absolute atomic E-state index is 0.704. The summed E-state index contributed by atoms with van der Waals surface area (Å²) in [5.41, 5.74) is 0. The summed E-state index contributed by atoms with van der Waals surface area (Å²) in [5, 5.41) is 0. The lowest BCUT2D eigenvalue weighted by Gasteiger charge is -2.30. The average molecular weight is 170 g/mol. The van der Waals surface area contributed by atoms with Gasteiger partial charge in [0.1, 0.15) is 0 Å². The van der Waals surface area contributed by atoms with Gasteiger partial charge in [-0.2, -0.15) is 0 Å². The van der Waals surface area contributed by atoms with Gasteiger partial charge in [0.15, 0.2) is 5.76 Å². The maximum absolute atomic E-state index is 5.23. The highest BCUT2D eigenvalue weighted by Crippen LogP contribution is 2.28. The highest BCUT2D eigenvalue weighted by atomic mass is 16.7. The van der Waals surface area contributed by atoms with Gasteiger partial charge in [-0.25, -0.2) is 0 Å². The van der Waals surface area contributed by atoms with Crippen LogP contribution in [0.2, 0.25) is 0 Å². The van der Waals surface area contributed by atoms with Gasteiger partial charge in [0.05, 0.1) is 7.11 Å². The molecule has 0 fully saturated rings. The molecule has 0 radical (unpaired) electrons. The van der Waals surface area contributed by atoms with Crippen LogP contribution in [0.5, 0.6) is 0 Å². The summed E-state index contributed by atoms with van der Waals surface area (Å²) in [5.74, 6) is -0.109. The Morgan fingerprint density at radius 3 is 2.33 bits per heavy atom. The van der Waals surface area contributed by atoms with E-state index in [0.29, 0.717) is 5.76 Å². The molecule has 12 heavy (non-hydrogen) atoms. The first-order valence-corrected chi connectivity index (χ1v) is 3.81. The molecule has 0 aromatic heterocycles. The predicted molar refractivity (Wildman–Crippen MR) is 45.6 cm³/mol. The molecule has 0 heterocycles. The zero-order valence-electron chi connectivity index (χ0n) is 7.66. The molecular weight excluding hydrogens is 156 g/mol. The van der Waals surface area contributed by atoms with E-state index in [1.807, 2.05) is 18.2 Å². The normalized spacial score (nSPS) is 20.4. The lowest BCUT2D eigenvalue weighted by atomic mass is 10.1. The summed E-state index contributed by atoms with van der Waals surface area (Å²) in [6, 6.07) is 0. The molecule has 0 saturated heterocycles. The van der Waals surface area contributed by atoms with E-state index in [-0.39, 0.29) is 0 Å². The van der Waals surface area contributed by atoms with Crippen LogP contribution < -0.4 is 0 Å². The van der Waals surface area contributed by atoms with E-state index in [0.717, 1.165) is 6.42 Å². The number of rotatable bonds is 3. The Hall–Kier alpha value is -0.800. The predicted octanol–water partition coefficient (Wildman–Crippen LogP) is 1.47. The van der Waals surface area contributed by atoms with Crippen LogP contribution in [-0.2, 0) is 14.2 Å². The molecular formula is C9H14O3. The molecule has 3 nitrogen and oxygen atoms in total. The second-order valence-electron chi connectivity index (χ2n) is 2.49. The molecule has 0 N–H and O–H groups in total. The summed E-state index contributed by atoms with van der Waals surface area (Å²) in [4.78, 5) is 0. The van der Waals surface area contributed by atoms with Gasteiger partial charge < -0.3 is 14.2 Å². The van der Waals surface area contributed by atoms with Crippen molar-refractivity contribution in [3.05, 3.63) is 24.0 Å². The third kappa shape index (κ3) is 1.38. The van der Waals surface area contributed by atoms with Gasteiger partial charge in [0.2, 0.25) is 5.79 Å². The topological polar surface area (TPSA) is 27.7 Å². The number of allylic oxidation sites excluding steroid dienone is 2. The van der Waals surface area contributed by atoms with E-state index in [1.54, 1.807) is 21.3 Å². The van der Waals surface area contributed by atoms with E-state index in [9.17, 15) is 0 Å². The molecule has 0 aromatic carbocycles. The van der Waals surface area contributed by atoms with Crippen molar-refractivity contribution in [3.63, 3.8) is 0 Å². The average Bonchev–Trinajstić information content (AvgIpc) is 2.17. The van der Waals surface area contributed by atoms with Crippen molar-refractivity contribution in [2.24, 2.45) is 0 Å². The Labute approximate surface area is 72.6 Å². The maximum Gasteiger partial charge on any atom is 0.247 e. The summed E-state index contributed by atoms with van der Waals surface area (Å²) in [6.07, 6.45) is 6.63. The Kier molecular flexibility index (Phi) is 2.89. The number of hydrogen-bond donors (Lipinski definition) is 0.